The number of thiol groups is 2. The minimum Gasteiger partial charge on any atom is -0.348 e. The zero-order valence-electron chi connectivity index (χ0n) is 10.2. The van der Waals surface area contributed by atoms with Gasteiger partial charge in [-0.25, -0.2) is 0 Å². The van der Waals surface area contributed by atoms with Gasteiger partial charge in [-0.2, -0.15) is 25.3 Å². The summed E-state index contributed by atoms with van der Waals surface area (Å²) in [5, 5.41) is -0.723. The van der Waals surface area contributed by atoms with Crippen molar-refractivity contribution in [3.63, 3.8) is 0 Å². The van der Waals surface area contributed by atoms with Crippen molar-refractivity contribution in [1.82, 2.24) is 9.80 Å². The molecule has 4 nitrogen and oxygen atoms in total. The molecular weight excluding hydrogens is 244 g/mol. The molecular formula is C10H20N2O2S2. The summed E-state index contributed by atoms with van der Waals surface area (Å²) >= 11 is 8.42. The van der Waals surface area contributed by atoms with E-state index in [-0.39, 0.29) is 22.3 Å². The minimum atomic E-state index is -0.361. The Labute approximate surface area is 108 Å². The van der Waals surface area contributed by atoms with Gasteiger partial charge in [-0.3, -0.25) is 9.59 Å². The molecule has 0 N–H and O–H groups in total. The SMILES string of the molecule is CN(C)C(=O)C(S)CCC(S)C(=O)N(C)C. The highest BCUT2D eigenvalue weighted by atomic mass is 32.1. The maximum Gasteiger partial charge on any atom is 0.234 e. The number of amides is 2. The second-order valence-corrected chi connectivity index (χ2v) is 5.32. The van der Waals surface area contributed by atoms with E-state index in [9.17, 15) is 9.59 Å². The Morgan fingerprint density at radius 3 is 1.31 bits per heavy atom. The summed E-state index contributed by atoms with van der Waals surface area (Å²) in [4.78, 5) is 26.0. The van der Waals surface area contributed by atoms with Crippen molar-refractivity contribution in [3.8, 4) is 0 Å². The Bertz CT molecular complexity index is 231. The van der Waals surface area contributed by atoms with Gasteiger partial charge in [0, 0.05) is 28.2 Å². The van der Waals surface area contributed by atoms with Crippen LogP contribution in [0.25, 0.3) is 0 Å². The first-order valence-electron chi connectivity index (χ1n) is 5.05. The molecule has 0 saturated heterocycles. The zero-order valence-corrected chi connectivity index (χ0v) is 12.0. The highest BCUT2D eigenvalue weighted by Gasteiger charge is 2.20. The summed E-state index contributed by atoms with van der Waals surface area (Å²) in [5.74, 6) is -0.0812. The van der Waals surface area contributed by atoms with Gasteiger partial charge in [0.05, 0.1) is 10.5 Å². The van der Waals surface area contributed by atoms with Crippen molar-refractivity contribution < 1.29 is 9.59 Å². The van der Waals surface area contributed by atoms with E-state index in [1.165, 1.54) is 9.80 Å². The molecule has 0 aromatic carbocycles. The van der Waals surface area contributed by atoms with Crippen molar-refractivity contribution in [3.05, 3.63) is 0 Å². The minimum absolute atomic E-state index is 0.0406. The molecule has 0 aromatic rings. The summed E-state index contributed by atoms with van der Waals surface area (Å²) in [7, 11) is 6.76. The standard InChI is InChI=1S/C10H20N2O2S2/c1-11(2)9(13)7(15)5-6-8(16)10(14)12(3)4/h7-8,15-16H,5-6H2,1-4H3. The lowest BCUT2D eigenvalue weighted by atomic mass is 10.1. The van der Waals surface area contributed by atoms with Crippen LogP contribution in [0.4, 0.5) is 0 Å². The molecule has 94 valence electrons. The predicted octanol–water partition coefficient (Wildman–Crippen LogP) is 0.540. The first-order valence-corrected chi connectivity index (χ1v) is 6.09. The predicted molar refractivity (Wildman–Crippen MR) is 72.2 cm³/mol. The topological polar surface area (TPSA) is 40.6 Å². The highest BCUT2D eigenvalue weighted by Crippen LogP contribution is 2.14. The van der Waals surface area contributed by atoms with Crippen LogP contribution in [-0.4, -0.2) is 60.3 Å². The van der Waals surface area contributed by atoms with E-state index in [4.69, 9.17) is 0 Å². The fourth-order valence-electron chi connectivity index (χ4n) is 1.16. The van der Waals surface area contributed by atoms with Gasteiger partial charge in [-0.1, -0.05) is 0 Å². The number of hydrogen-bond donors (Lipinski definition) is 2. The Morgan fingerprint density at radius 2 is 1.12 bits per heavy atom. The summed E-state index contributed by atoms with van der Waals surface area (Å²) in [6, 6.07) is 0. The number of rotatable bonds is 5. The molecule has 0 radical (unpaired) electrons. The molecule has 0 bridgehead atoms. The van der Waals surface area contributed by atoms with Crippen molar-refractivity contribution in [2.24, 2.45) is 0 Å². The average Bonchev–Trinajstić information content (AvgIpc) is 2.22. The van der Waals surface area contributed by atoms with Crippen LogP contribution >= 0.6 is 25.3 Å². The van der Waals surface area contributed by atoms with Gasteiger partial charge in [-0.05, 0) is 12.8 Å². The van der Waals surface area contributed by atoms with Crippen LogP contribution in [0.2, 0.25) is 0 Å². The van der Waals surface area contributed by atoms with Crippen LogP contribution in [0, 0.1) is 0 Å². The lowest BCUT2D eigenvalue weighted by molar-refractivity contribution is -0.129. The molecule has 0 rings (SSSR count). The fraction of sp³-hybridized carbons (Fsp3) is 0.800. The quantitative estimate of drug-likeness (QED) is 0.712. The first-order chi connectivity index (χ1) is 7.27. The van der Waals surface area contributed by atoms with Crippen LogP contribution in [0.1, 0.15) is 12.8 Å². The Morgan fingerprint density at radius 1 is 0.875 bits per heavy atom. The molecule has 0 heterocycles. The molecule has 0 aliphatic heterocycles. The van der Waals surface area contributed by atoms with Gasteiger partial charge in [0.15, 0.2) is 0 Å². The third kappa shape index (κ3) is 5.12. The van der Waals surface area contributed by atoms with Crippen LogP contribution in [-0.2, 0) is 9.59 Å². The molecule has 0 saturated carbocycles. The fourth-order valence-corrected chi connectivity index (χ4v) is 1.92. The second kappa shape index (κ2) is 7.06. The van der Waals surface area contributed by atoms with Gasteiger partial charge >= 0.3 is 0 Å². The Balaban J connectivity index is 4.06. The zero-order chi connectivity index (χ0) is 12.9. The van der Waals surface area contributed by atoms with E-state index in [0.29, 0.717) is 12.8 Å². The van der Waals surface area contributed by atoms with Gasteiger partial charge < -0.3 is 9.80 Å². The second-order valence-electron chi connectivity index (χ2n) is 4.07. The molecule has 0 spiro atoms. The summed E-state index contributed by atoms with van der Waals surface area (Å²) in [5.41, 5.74) is 0. The molecule has 2 atom stereocenters. The first kappa shape index (κ1) is 15.6. The van der Waals surface area contributed by atoms with E-state index in [0.717, 1.165) is 0 Å². The van der Waals surface area contributed by atoms with Crippen LogP contribution in [0.15, 0.2) is 0 Å². The number of hydrogen-bond acceptors (Lipinski definition) is 4. The van der Waals surface area contributed by atoms with E-state index in [2.05, 4.69) is 25.3 Å². The lowest BCUT2D eigenvalue weighted by Crippen LogP contribution is -2.33. The van der Waals surface area contributed by atoms with Gasteiger partial charge in [0.1, 0.15) is 0 Å². The molecule has 16 heavy (non-hydrogen) atoms. The van der Waals surface area contributed by atoms with E-state index in [1.807, 2.05) is 0 Å². The Hall–Kier alpha value is -0.360. The van der Waals surface area contributed by atoms with Crippen molar-refractivity contribution in [1.29, 1.82) is 0 Å². The average molecular weight is 264 g/mol. The highest BCUT2D eigenvalue weighted by molar-refractivity contribution is 7.82. The molecule has 0 fully saturated rings. The van der Waals surface area contributed by atoms with Crippen molar-refractivity contribution in [2.45, 2.75) is 23.3 Å². The summed E-state index contributed by atoms with van der Waals surface area (Å²) in [6.45, 7) is 0. The number of carbonyl (C=O) groups is 2. The molecule has 0 aromatic heterocycles. The maximum atomic E-state index is 11.5. The van der Waals surface area contributed by atoms with Crippen molar-refractivity contribution >= 4 is 37.1 Å². The number of nitrogens with zero attached hydrogens (tertiary/aromatic N) is 2. The van der Waals surface area contributed by atoms with Crippen LogP contribution < -0.4 is 0 Å². The van der Waals surface area contributed by atoms with Gasteiger partial charge in [-0.15, -0.1) is 0 Å². The Kier molecular flexibility index (Phi) is 6.90. The smallest absolute Gasteiger partial charge is 0.234 e. The van der Waals surface area contributed by atoms with Gasteiger partial charge in [0.25, 0.3) is 0 Å². The summed E-state index contributed by atoms with van der Waals surface area (Å²) < 4.78 is 0. The molecule has 6 heteroatoms. The van der Waals surface area contributed by atoms with E-state index >= 15 is 0 Å². The van der Waals surface area contributed by atoms with Crippen molar-refractivity contribution in [2.75, 3.05) is 28.2 Å². The van der Waals surface area contributed by atoms with E-state index in [1.54, 1.807) is 28.2 Å². The normalized spacial score (nSPS) is 14.1. The maximum absolute atomic E-state index is 11.5. The third-order valence-corrected chi connectivity index (χ3v) is 3.12. The number of carbonyl (C=O) groups excluding carboxylic acids is 2. The molecule has 0 aliphatic carbocycles. The largest absolute Gasteiger partial charge is 0.348 e. The summed E-state index contributed by atoms with van der Waals surface area (Å²) in [6.07, 6.45) is 1.10. The van der Waals surface area contributed by atoms with Gasteiger partial charge in [0.2, 0.25) is 11.8 Å². The van der Waals surface area contributed by atoms with Crippen LogP contribution in [0.3, 0.4) is 0 Å². The molecule has 0 aliphatic rings. The lowest BCUT2D eigenvalue weighted by Gasteiger charge is -2.19. The molecule has 2 amide bonds. The van der Waals surface area contributed by atoms with E-state index < -0.39 is 0 Å². The molecule has 2 unspecified atom stereocenters. The van der Waals surface area contributed by atoms with Crippen LogP contribution in [0.5, 0.6) is 0 Å². The monoisotopic (exact) mass is 264 g/mol. The third-order valence-electron chi connectivity index (χ3n) is 2.17.